The van der Waals surface area contributed by atoms with Crippen LogP contribution < -0.4 is 4.90 Å². The third-order valence-corrected chi connectivity index (χ3v) is 4.43. The first kappa shape index (κ1) is 16.2. The van der Waals surface area contributed by atoms with Crippen LogP contribution >= 0.6 is 0 Å². The largest absolute Gasteiger partial charge is 0.465 e. The summed E-state index contributed by atoms with van der Waals surface area (Å²) in [6, 6.07) is 15.5. The quantitative estimate of drug-likeness (QED) is 0.796. The van der Waals surface area contributed by atoms with Crippen molar-refractivity contribution in [3.8, 4) is 0 Å². The number of carbonyl (C=O) groups excluding carboxylic acids is 2. The van der Waals surface area contributed by atoms with Crippen LogP contribution in [0.25, 0.3) is 0 Å². The summed E-state index contributed by atoms with van der Waals surface area (Å²) >= 11 is 0. The van der Waals surface area contributed by atoms with Gasteiger partial charge in [-0.05, 0) is 54.7 Å². The predicted molar refractivity (Wildman–Crippen MR) is 93.2 cm³/mol. The van der Waals surface area contributed by atoms with Crippen molar-refractivity contribution in [2.45, 2.75) is 25.7 Å². The van der Waals surface area contributed by atoms with Crippen LogP contribution in [-0.2, 0) is 22.4 Å². The Labute approximate surface area is 142 Å². The van der Waals surface area contributed by atoms with Crippen molar-refractivity contribution < 1.29 is 14.3 Å². The maximum atomic E-state index is 12.6. The summed E-state index contributed by atoms with van der Waals surface area (Å²) in [7, 11) is 1.38. The van der Waals surface area contributed by atoms with Crippen LogP contribution in [0.5, 0.6) is 0 Å². The summed E-state index contributed by atoms with van der Waals surface area (Å²) < 4.78 is 4.79. The van der Waals surface area contributed by atoms with E-state index >= 15 is 0 Å². The molecule has 3 rings (SSSR count). The number of fused-ring (bicyclic) bond motifs is 1. The zero-order valence-electron chi connectivity index (χ0n) is 13.8. The molecule has 0 unspecified atom stereocenters. The number of methoxy groups -OCH3 is 1. The average Bonchev–Trinajstić information content (AvgIpc) is 2.71. The molecule has 0 radical (unpaired) electrons. The van der Waals surface area contributed by atoms with E-state index in [1.165, 1.54) is 12.7 Å². The minimum Gasteiger partial charge on any atom is -0.465 e. The molecular weight excluding hydrogens is 302 g/mol. The van der Waals surface area contributed by atoms with E-state index in [0.29, 0.717) is 24.9 Å². The second-order valence-corrected chi connectivity index (χ2v) is 5.96. The molecule has 0 saturated carbocycles. The lowest BCUT2D eigenvalue weighted by molar-refractivity contribution is -0.118. The second-order valence-electron chi connectivity index (χ2n) is 5.96. The maximum absolute atomic E-state index is 12.6. The van der Waals surface area contributed by atoms with Gasteiger partial charge in [0.25, 0.3) is 0 Å². The van der Waals surface area contributed by atoms with Gasteiger partial charge in [0.1, 0.15) is 0 Å². The van der Waals surface area contributed by atoms with Gasteiger partial charge in [-0.15, -0.1) is 0 Å². The van der Waals surface area contributed by atoms with E-state index in [9.17, 15) is 9.59 Å². The first-order chi connectivity index (χ1) is 11.7. The van der Waals surface area contributed by atoms with Gasteiger partial charge in [-0.1, -0.05) is 24.3 Å². The average molecular weight is 323 g/mol. The summed E-state index contributed by atoms with van der Waals surface area (Å²) in [6.07, 6.45) is 2.87. The molecule has 4 heteroatoms. The number of carbonyl (C=O) groups is 2. The normalized spacial score (nSPS) is 15.0. The standard InChI is InChI=1S/C20H21NO3/c1-24-20(23)17-10-9-15-6-5-13-21(18-7-3-2-4-8-18)19(22)12-11-16(15)14-17/h2-4,7-10,14H,5-6,11-13H2,1H3. The SMILES string of the molecule is COC(=O)c1ccc2c(c1)CCC(=O)N(c1ccccc1)CCC2. The van der Waals surface area contributed by atoms with Gasteiger partial charge in [-0.2, -0.15) is 0 Å². The van der Waals surface area contributed by atoms with Crippen molar-refractivity contribution in [3.63, 3.8) is 0 Å². The zero-order chi connectivity index (χ0) is 16.9. The van der Waals surface area contributed by atoms with Crippen molar-refractivity contribution >= 4 is 17.6 Å². The molecule has 0 bridgehead atoms. The number of hydrogen-bond acceptors (Lipinski definition) is 3. The van der Waals surface area contributed by atoms with Gasteiger partial charge in [0, 0.05) is 18.7 Å². The van der Waals surface area contributed by atoms with Crippen LogP contribution in [0.2, 0.25) is 0 Å². The summed E-state index contributed by atoms with van der Waals surface area (Å²) in [5.74, 6) is -0.215. The van der Waals surface area contributed by atoms with E-state index in [1.807, 2.05) is 47.4 Å². The number of esters is 1. The minimum atomic E-state index is -0.338. The fourth-order valence-corrected chi connectivity index (χ4v) is 3.16. The highest BCUT2D eigenvalue weighted by Gasteiger charge is 2.19. The molecule has 124 valence electrons. The van der Waals surface area contributed by atoms with Crippen LogP contribution in [0.4, 0.5) is 5.69 Å². The van der Waals surface area contributed by atoms with Crippen LogP contribution in [0.3, 0.4) is 0 Å². The predicted octanol–water partition coefficient (Wildman–Crippen LogP) is 3.39. The highest BCUT2D eigenvalue weighted by molar-refractivity contribution is 5.93. The Kier molecular flexibility index (Phi) is 4.94. The molecule has 24 heavy (non-hydrogen) atoms. The number of amides is 1. The summed E-state index contributed by atoms with van der Waals surface area (Å²) in [5.41, 5.74) is 3.78. The third kappa shape index (κ3) is 3.48. The molecule has 0 fully saturated rings. The first-order valence-corrected chi connectivity index (χ1v) is 8.24. The Bertz CT molecular complexity index is 740. The number of benzene rings is 2. The van der Waals surface area contributed by atoms with Crippen molar-refractivity contribution in [1.29, 1.82) is 0 Å². The number of aryl methyl sites for hydroxylation is 2. The van der Waals surface area contributed by atoms with Crippen molar-refractivity contribution in [2.24, 2.45) is 0 Å². The molecule has 0 spiro atoms. The summed E-state index contributed by atoms with van der Waals surface area (Å²) in [4.78, 5) is 26.2. The molecular formula is C20H21NO3. The molecule has 0 atom stereocenters. The highest BCUT2D eigenvalue weighted by Crippen LogP contribution is 2.22. The molecule has 0 aromatic heterocycles. The topological polar surface area (TPSA) is 46.6 Å². The van der Waals surface area contributed by atoms with Gasteiger partial charge >= 0.3 is 5.97 Å². The van der Waals surface area contributed by atoms with Gasteiger partial charge < -0.3 is 9.64 Å². The summed E-state index contributed by atoms with van der Waals surface area (Å²) in [5, 5.41) is 0. The Morgan fingerprint density at radius 1 is 1.00 bits per heavy atom. The van der Waals surface area contributed by atoms with Gasteiger partial charge in [-0.25, -0.2) is 4.79 Å². The van der Waals surface area contributed by atoms with Gasteiger partial charge in [0.15, 0.2) is 0 Å². The number of anilines is 1. The van der Waals surface area contributed by atoms with Crippen LogP contribution in [-0.4, -0.2) is 25.5 Å². The number of hydrogen-bond donors (Lipinski definition) is 0. The molecule has 4 nitrogen and oxygen atoms in total. The van der Waals surface area contributed by atoms with E-state index in [1.54, 1.807) is 6.07 Å². The Morgan fingerprint density at radius 3 is 2.54 bits per heavy atom. The highest BCUT2D eigenvalue weighted by atomic mass is 16.5. The molecule has 1 amide bonds. The molecule has 0 aliphatic carbocycles. The minimum absolute atomic E-state index is 0.123. The van der Waals surface area contributed by atoms with Crippen molar-refractivity contribution in [2.75, 3.05) is 18.6 Å². The van der Waals surface area contributed by atoms with Crippen LogP contribution in [0, 0.1) is 0 Å². The fourth-order valence-electron chi connectivity index (χ4n) is 3.16. The second kappa shape index (κ2) is 7.30. The molecule has 1 aliphatic rings. The molecule has 1 aliphatic heterocycles. The van der Waals surface area contributed by atoms with E-state index in [-0.39, 0.29) is 11.9 Å². The third-order valence-electron chi connectivity index (χ3n) is 4.43. The van der Waals surface area contributed by atoms with Gasteiger partial charge in [0.2, 0.25) is 5.91 Å². The lowest BCUT2D eigenvalue weighted by Crippen LogP contribution is -2.31. The maximum Gasteiger partial charge on any atom is 0.337 e. The number of nitrogens with zero attached hydrogens (tertiary/aromatic N) is 1. The van der Waals surface area contributed by atoms with Gasteiger partial charge in [-0.3, -0.25) is 4.79 Å². The number of para-hydroxylation sites is 1. The molecule has 0 N–H and O–H groups in total. The lowest BCUT2D eigenvalue weighted by Gasteiger charge is -2.22. The van der Waals surface area contributed by atoms with Crippen molar-refractivity contribution in [1.82, 2.24) is 0 Å². The van der Waals surface area contributed by atoms with E-state index < -0.39 is 0 Å². The first-order valence-electron chi connectivity index (χ1n) is 8.24. The molecule has 1 heterocycles. The van der Waals surface area contributed by atoms with Gasteiger partial charge in [0.05, 0.1) is 12.7 Å². The number of rotatable bonds is 2. The fraction of sp³-hybridized carbons (Fsp3) is 0.300. The zero-order valence-corrected chi connectivity index (χ0v) is 13.8. The van der Waals surface area contributed by atoms with E-state index in [2.05, 4.69) is 0 Å². The number of ether oxygens (including phenoxy) is 1. The smallest absolute Gasteiger partial charge is 0.337 e. The summed E-state index contributed by atoms with van der Waals surface area (Å²) in [6.45, 7) is 0.709. The van der Waals surface area contributed by atoms with E-state index in [4.69, 9.17) is 4.74 Å². The molecule has 2 aromatic carbocycles. The van der Waals surface area contributed by atoms with Crippen LogP contribution in [0.1, 0.15) is 34.3 Å². The van der Waals surface area contributed by atoms with E-state index in [0.717, 1.165) is 24.1 Å². The Balaban J connectivity index is 1.83. The molecule has 2 aromatic rings. The van der Waals surface area contributed by atoms with Crippen LogP contribution in [0.15, 0.2) is 48.5 Å². The Morgan fingerprint density at radius 2 is 1.79 bits per heavy atom. The molecule has 0 saturated heterocycles. The Hall–Kier alpha value is -2.62. The van der Waals surface area contributed by atoms with Crippen molar-refractivity contribution in [3.05, 3.63) is 65.2 Å². The lowest BCUT2D eigenvalue weighted by atomic mass is 9.97. The monoisotopic (exact) mass is 323 g/mol.